The minimum absolute atomic E-state index is 0.0343. The molecule has 1 atom stereocenters. The van der Waals surface area contributed by atoms with Crippen LogP contribution in [0.15, 0.2) is 48.5 Å². The number of benzene rings is 2. The molecule has 7 heteroatoms. The van der Waals surface area contributed by atoms with Crippen LogP contribution in [0.1, 0.15) is 34.5 Å². The van der Waals surface area contributed by atoms with Crippen LogP contribution in [0.5, 0.6) is 0 Å². The molecule has 1 N–H and O–H groups in total. The first kappa shape index (κ1) is 18.8. The van der Waals surface area contributed by atoms with E-state index >= 15 is 0 Å². The number of hydrogen-bond donors (Lipinski definition) is 1. The average molecular weight is 403 g/mol. The summed E-state index contributed by atoms with van der Waals surface area (Å²) >= 11 is 0. The molecule has 0 radical (unpaired) electrons. The number of ether oxygens (including phenoxy) is 1. The van der Waals surface area contributed by atoms with Crippen molar-refractivity contribution in [2.45, 2.75) is 18.9 Å². The molecule has 7 nitrogen and oxygen atoms in total. The molecule has 1 unspecified atom stereocenters. The SMILES string of the molecule is Cc1c(C2CN(C(=O)OCC3c4ccccc4-c4ccccc43)CCN2)nnn1C. The summed E-state index contributed by atoms with van der Waals surface area (Å²) in [4.78, 5) is 14.6. The number of nitrogens with zero attached hydrogens (tertiary/aromatic N) is 4. The molecule has 30 heavy (non-hydrogen) atoms. The lowest BCUT2D eigenvalue weighted by molar-refractivity contribution is 0.0879. The average Bonchev–Trinajstić information content (AvgIpc) is 3.29. The summed E-state index contributed by atoms with van der Waals surface area (Å²) in [5, 5.41) is 11.8. The fourth-order valence-corrected chi connectivity index (χ4v) is 4.53. The van der Waals surface area contributed by atoms with Crippen LogP contribution in [-0.2, 0) is 11.8 Å². The molecule has 5 rings (SSSR count). The number of amides is 1. The van der Waals surface area contributed by atoms with Gasteiger partial charge < -0.3 is 15.0 Å². The highest BCUT2D eigenvalue weighted by Gasteiger charge is 2.32. The van der Waals surface area contributed by atoms with E-state index in [1.807, 2.05) is 26.1 Å². The second kappa shape index (κ2) is 7.57. The van der Waals surface area contributed by atoms with Crippen LogP contribution in [0.4, 0.5) is 4.79 Å². The molecular formula is C23H25N5O2. The van der Waals surface area contributed by atoms with Crippen molar-refractivity contribution in [2.24, 2.45) is 7.05 Å². The first-order chi connectivity index (χ1) is 14.6. The minimum atomic E-state index is -0.273. The summed E-state index contributed by atoms with van der Waals surface area (Å²) in [6, 6.07) is 16.7. The van der Waals surface area contributed by atoms with Gasteiger partial charge in [0, 0.05) is 32.6 Å². The Morgan fingerprint density at radius 3 is 2.43 bits per heavy atom. The predicted molar refractivity (Wildman–Crippen MR) is 113 cm³/mol. The summed E-state index contributed by atoms with van der Waals surface area (Å²) in [5.41, 5.74) is 6.79. The monoisotopic (exact) mass is 403 g/mol. The highest BCUT2D eigenvalue weighted by Crippen LogP contribution is 2.44. The van der Waals surface area contributed by atoms with Gasteiger partial charge in [-0.3, -0.25) is 4.68 Å². The van der Waals surface area contributed by atoms with Gasteiger partial charge in [0.25, 0.3) is 0 Å². The number of hydrogen-bond acceptors (Lipinski definition) is 5. The van der Waals surface area contributed by atoms with E-state index in [0.29, 0.717) is 26.2 Å². The molecule has 0 spiro atoms. The number of aromatic nitrogens is 3. The van der Waals surface area contributed by atoms with Gasteiger partial charge in [-0.15, -0.1) is 5.10 Å². The van der Waals surface area contributed by atoms with E-state index in [-0.39, 0.29) is 18.1 Å². The molecule has 154 valence electrons. The van der Waals surface area contributed by atoms with Crippen molar-refractivity contribution in [2.75, 3.05) is 26.2 Å². The van der Waals surface area contributed by atoms with Crippen molar-refractivity contribution in [3.8, 4) is 11.1 Å². The van der Waals surface area contributed by atoms with E-state index in [0.717, 1.165) is 11.4 Å². The third kappa shape index (κ3) is 3.15. The van der Waals surface area contributed by atoms with Gasteiger partial charge in [0.1, 0.15) is 12.3 Å². The summed E-state index contributed by atoms with van der Waals surface area (Å²) in [6.07, 6.45) is -0.273. The number of rotatable bonds is 3. The third-order valence-electron chi connectivity index (χ3n) is 6.24. The van der Waals surface area contributed by atoms with Crippen LogP contribution >= 0.6 is 0 Å². The lowest BCUT2D eigenvalue weighted by Gasteiger charge is -2.32. The molecule has 1 aliphatic heterocycles. The lowest BCUT2D eigenvalue weighted by atomic mass is 9.98. The molecule has 1 aliphatic carbocycles. The van der Waals surface area contributed by atoms with Gasteiger partial charge >= 0.3 is 6.09 Å². The fourth-order valence-electron chi connectivity index (χ4n) is 4.53. The molecule has 2 aliphatic rings. The fraction of sp³-hybridized carbons (Fsp3) is 0.348. The Bertz CT molecular complexity index is 1050. The molecule has 1 saturated heterocycles. The van der Waals surface area contributed by atoms with E-state index in [1.54, 1.807) is 9.58 Å². The van der Waals surface area contributed by atoms with Gasteiger partial charge in [-0.25, -0.2) is 4.79 Å². The van der Waals surface area contributed by atoms with Crippen molar-refractivity contribution in [3.05, 3.63) is 71.0 Å². The van der Waals surface area contributed by atoms with Gasteiger partial charge in [-0.1, -0.05) is 53.7 Å². The minimum Gasteiger partial charge on any atom is -0.448 e. The third-order valence-corrected chi connectivity index (χ3v) is 6.24. The highest BCUT2D eigenvalue weighted by molar-refractivity contribution is 5.79. The van der Waals surface area contributed by atoms with Gasteiger partial charge in [0.2, 0.25) is 0 Å². The number of aryl methyl sites for hydroxylation is 1. The summed E-state index contributed by atoms with van der Waals surface area (Å²) in [7, 11) is 1.87. The van der Waals surface area contributed by atoms with Gasteiger partial charge in [0.15, 0.2) is 0 Å². The van der Waals surface area contributed by atoms with Gasteiger partial charge in [-0.2, -0.15) is 0 Å². The number of carbonyl (C=O) groups is 1. The second-order valence-electron chi connectivity index (χ2n) is 7.94. The van der Waals surface area contributed by atoms with Crippen molar-refractivity contribution < 1.29 is 9.53 Å². The zero-order valence-electron chi connectivity index (χ0n) is 17.2. The maximum absolute atomic E-state index is 12.9. The molecule has 0 saturated carbocycles. The molecular weight excluding hydrogens is 378 g/mol. The Morgan fingerprint density at radius 2 is 1.80 bits per heavy atom. The molecule has 1 amide bonds. The Hall–Kier alpha value is -3.19. The number of fused-ring (bicyclic) bond motifs is 3. The molecule has 2 heterocycles. The number of nitrogens with one attached hydrogen (secondary N) is 1. The molecule has 0 bridgehead atoms. The summed E-state index contributed by atoms with van der Waals surface area (Å²) in [5.74, 6) is 0.0716. The topological polar surface area (TPSA) is 72.3 Å². The normalized spacial score (nSPS) is 18.2. The van der Waals surface area contributed by atoms with E-state index in [4.69, 9.17) is 4.74 Å². The van der Waals surface area contributed by atoms with Crippen LogP contribution < -0.4 is 5.32 Å². The highest BCUT2D eigenvalue weighted by atomic mass is 16.6. The van der Waals surface area contributed by atoms with Crippen molar-refractivity contribution in [1.29, 1.82) is 0 Å². The first-order valence-corrected chi connectivity index (χ1v) is 10.3. The van der Waals surface area contributed by atoms with Crippen molar-refractivity contribution in [3.63, 3.8) is 0 Å². The number of piperazine rings is 1. The smallest absolute Gasteiger partial charge is 0.409 e. The van der Waals surface area contributed by atoms with E-state index in [2.05, 4.69) is 52.0 Å². The molecule has 3 aromatic rings. The number of carbonyl (C=O) groups excluding carboxylic acids is 1. The van der Waals surface area contributed by atoms with Crippen molar-refractivity contribution in [1.82, 2.24) is 25.2 Å². The standard InChI is InChI=1S/C23H25N5O2/c1-15-22(25-26-27(15)2)21-13-28(12-11-24-21)23(29)30-14-20-18-9-5-3-7-16(18)17-8-4-6-10-19(17)20/h3-10,20-21,24H,11-14H2,1-2H3. The van der Waals surface area contributed by atoms with Crippen molar-refractivity contribution >= 4 is 6.09 Å². The van der Waals surface area contributed by atoms with Gasteiger partial charge in [0.05, 0.1) is 11.7 Å². The largest absolute Gasteiger partial charge is 0.448 e. The Labute approximate surface area is 175 Å². The molecule has 1 aromatic heterocycles. The van der Waals surface area contributed by atoms with E-state index in [1.165, 1.54) is 22.3 Å². The Morgan fingerprint density at radius 1 is 1.13 bits per heavy atom. The first-order valence-electron chi connectivity index (χ1n) is 10.3. The maximum atomic E-state index is 12.9. The maximum Gasteiger partial charge on any atom is 0.409 e. The molecule has 1 fully saturated rings. The Kier molecular flexibility index (Phi) is 4.75. The van der Waals surface area contributed by atoms with Crippen LogP contribution in [0.25, 0.3) is 11.1 Å². The zero-order chi connectivity index (χ0) is 20.7. The molecule has 2 aromatic carbocycles. The van der Waals surface area contributed by atoms with E-state index in [9.17, 15) is 4.79 Å². The van der Waals surface area contributed by atoms with Gasteiger partial charge in [-0.05, 0) is 29.2 Å². The quantitative estimate of drug-likeness (QED) is 0.728. The van der Waals surface area contributed by atoms with Crippen LogP contribution in [-0.4, -0.2) is 52.2 Å². The summed E-state index contributed by atoms with van der Waals surface area (Å²) in [6.45, 7) is 4.17. The van der Waals surface area contributed by atoms with Crippen LogP contribution in [0.3, 0.4) is 0 Å². The zero-order valence-corrected chi connectivity index (χ0v) is 17.2. The van der Waals surface area contributed by atoms with Crippen LogP contribution in [0.2, 0.25) is 0 Å². The van der Waals surface area contributed by atoms with E-state index < -0.39 is 0 Å². The predicted octanol–water partition coefficient (Wildman–Crippen LogP) is 3.02. The Balaban J connectivity index is 1.29. The lowest BCUT2D eigenvalue weighted by Crippen LogP contribution is -2.49. The second-order valence-corrected chi connectivity index (χ2v) is 7.94. The summed E-state index contributed by atoms with van der Waals surface area (Å²) < 4.78 is 7.57. The van der Waals surface area contributed by atoms with Crippen LogP contribution in [0, 0.1) is 6.92 Å².